The van der Waals surface area contributed by atoms with Crippen LogP contribution in [0.5, 0.6) is 0 Å². The van der Waals surface area contributed by atoms with Crippen LogP contribution in [0.2, 0.25) is 0 Å². The second kappa shape index (κ2) is 7.53. The monoisotopic (exact) mass is 327 g/mol. The Balaban J connectivity index is 1.59. The van der Waals surface area contributed by atoms with Gasteiger partial charge in [0.15, 0.2) is 0 Å². The van der Waals surface area contributed by atoms with Crippen LogP contribution < -0.4 is 5.53 Å². The minimum atomic E-state index is 0.218. The average molecular weight is 327 g/mol. The van der Waals surface area contributed by atoms with Gasteiger partial charge in [-0.15, -0.1) is 0 Å². The maximum Gasteiger partial charge on any atom is 0.129 e. The van der Waals surface area contributed by atoms with Gasteiger partial charge in [0, 0.05) is 19.1 Å². The second-order valence-electron chi connectivity index (χ2n) is 7.24. The molecule has 1 aromatic rings. The van der Waals surface area contributed by atoms with Crippen molar-refractivity contribution >= 4 is 6.34 Å². The zero-order valence-electron chi connectivity index (χ0n) is 14.5. The first kappa shape index (κ1) is 15.9. The fourth-order valence-electron chi connectivity index (χ4n) is 4.34. The SMILES string of the molecule is C1=NNN(C(c2ccccc2)N2CCCCC2)N1C1CCCCC1. The molecule has 0 spiro atoms. The summed E-state index contributed by atoms with van der Waals surface area (Å²) in [5, 5.41) is 9.05. The third-order valence-electron chi connectivity index (χ3n) is 5.60. The summed E-state index contributed by atoms with van der Waals surface area (Å²) in [6, 6.07) is 11.5. The first-order chi connectivity index (χ1) is 11.9. The minimum Gasteiger partial charge on any atom is -0.281 e. The van der Waals surface area contributed by atoms with Crippen LogP contribution in [0.1, 0.15) is 63.1 Å². The van der Waals surface area contributed by atoms with E-state index in [4.69, 9.17) is 0 Å². The Morgan fingerprint density at radius 3 is 2.38 bits per heavy atom. The molecular weight excluding hydrogens is 298 g/mol. The van der Waals surface area contributed by atoms with Crippen LogP contribution in [0.15, 0.2) is 35.4 Å². The van der Waals surface area contributed by atoms with E-state index in [-0.39, 0.29) is 6.17 Å². The maximum atomic E-state index is 4.41. The zero-order chi connectivity index (χ0) is 16.2. The van der Waals surface area contributed by atoms with E-state index in [0.717, 1.165) is 13.1 Å². The molecule has 3 aliphatic rings. The van der Waals surface area contributed by atoms with Crippen molar-refractivity contribution in [2.24, 2.45) is 5.10 Å². The van der Waals surface area contributed by atoms with E-state index < -0.39 is 0 Å². The Hall–Kier alpha value is -1.59. The van der Waals surface area contributed by atoms with Gasteiger partial charge in [-0.1, -0.05) is 61.1 Å². The van der Waals surface area contributed by atoms with Crippen LogP contribution >= 0.6 is 0 Å². The summed E-state index contributed by atoms with van der Waals surface area (Å²) in [4.78, 5) is 2.61. The van der Waals surface area contributed by atoms with Gasteiger partial charge in [-0.3, -0.25) is 9.91 Å². The normalized spacial score (nSPS) is 24.9. The van der Waals surface area contributed by atoms with Gasteiger partial charge in [-0.05, 0) is 31.2 Å². The van der Waals surface area contributed by atoms with Crippen molar-refractivity contribution in [2.45, 2.75) is 63.6 Å². The van der Waals surface area contributed by atoms with Crippen molar-refractivity contribution < 1.29 is 0 Å². The summed E-state index contributed by atoms with van der Waals surface area (Å²) in [5.41, 5.74) is 4.63. The summed E-state index contributed by atoms with van der Waals surface area (Å²) < 4.78 is 0. The summed E-state index contributed by atoms with van der Waals surface area (Å²) >= 11 is 0. The quantitative estimate of drug-likeness (QED) is 0.918. The molecule has 1 aliphatic carbocycles. The molecule has 5 nitrogen and oxygen atoms in total. The van der Waals surface area contributed by atoms with Gasteiger partial charge in [0.2, 0.25) is 0 Å². The van der Waals surface area contributed by atoms with Crippen LogP contribution in [-0.4, -0.2) is 40.5 Å². The largest absolute Gasteiger partial charge is 0.281 e. The third kappa shape index (κ3) is 3.28. The standard InChI is InChI=1S/C19H29N5/c1-4-10-17(11-5-1)19(22-14-8-3-9-15-22)24-21-20-16-23(24)18-12-6-2-7-13-18/h1,4-5,10-11,16,18-19,21H,2-3,6-9,12-15H2. The number of piperidine rings is 1. The highest BCUT2D eigenvalue weighted by Crippen LogP contribution is 2.32. The Morgan fingerprint density at radius 2 is 1.62 bits per heavy atom. The van der Waals surface area contributed by atoms with Gasteiger partial charge >= 0.3 is 0 Å². The topological polar surface area (TPSA) is 34.1 Å². The summed E-state index contributed by atoms with van der Waals surface area (Å²) in [6.07, 6.45) is 12.7. The fourth-order valence-corrected chi connectivity index (χ4v) is 4.34. The Kier molecular flexibility index (Phi) is 4.99. The number of hydrazine groups is 2. The van der Waals surface area contributed by atoms with E-state index in [1.807, 2.05) is 6.34 Å². The predicted octanol–water partition coefficient (Wildman–Crippen LogP) is 3.48. The number of benzene rings is 1. The lowest BCUT2D eigenvalue weighted by Crippen LogP contribution is -2.55. The van der Waals surface area contributed by atoms with Crippen molar-refractivity contribution in [1.82, 2.24) is 20.6 Å². The molecule has 0 bridgehead atoms. The minimum absolute atomic E-state index is 0.218. The molecule has 24 heavy (non-hydrogen) atoms. The number of rotatable bonds is 4. The first-order valence-corrected chi connectivity index (χ1v) is 9.59. The number of nitrogens with one attached hydrogen (secondary N) is 1. The lowest BCUT2D eigenvalue weighted by atomic mass is 9.95. The second-order valence-corrected chi connectivity index (χ2v) is 7.24. The molecule has 1 saturated heterocycles. The summed E-state index contributed by atoms with van der Waals surface area (Å²) in [5.74, 6) is 0. The van der Waals surface area contributed by atoms with E-state index in [1.165, 1.54) is 56.9 Å². The lowest BCUT2D eigenvalue weighted by molar-refractivity contribution is -0.123. The van der Waals surface area contributed by atoms with E-state index in [1.54, 1.807) is 0 Å². The van der Waals surface area contributed by atoms with Crippen molar-refractivity contribution in [3.63, 3.8) is 0 Å². The van der Waals surface area contributed by atoms with Gasteiger partial charge in [0.1, 0.15) is 12.5 Å². The smallest absolute Gasteiger partial charge is 0.129 e. The fraction of sp³-hybridized carbons (Fsp3) is 0.632. The van der Waals surface area contributed by atoms with Crippen LogP contribution in [0.25, 0.3) is 0 Å². The van der Waals surface area contributed by atoms with Gasteiger partial charge in [-0.25, -0.2) is 5.53 Å². The first-order valence-electron chi connectivity index (χ1n) is 9.59. The molecule has 2 fully saturated rings. The van der Waals surface area contributed by atoms with E-state index in [2.05, 4.69) is 56.0 Å². The number of likely N-dealkylation sites (tertiary alicyclic amines) is 1. The van der Waals surface area contributed by atoms with Gasteiger partial charge in [0.25, 0.3) is 0 Å². The molecule has 2 heterocycles. The van der Waals surface area contributed by atoms with Crippen LogP contribution in [-0.2, 0) is 0 Å². The molecule has 1 aromatic carbocycles. The molecular formula is C19H29N5. The highest BCUT2D eigenvalue weighted by molar-refractivity contribution is 5.55. The highest BCUT2D eigenvalue weighted by Gasteiger charge is 2.36. The highest BCUT2D eigenvalue weighted by atomic mass is 15.9. The molecule has 1 atom stereocenters. The van der Waals surface area contributed by atoms with E-state index in [9.17, 15) is 0 Å². The maximum absolute atomic E-state index is 4.41. The van der Waals surface area contributed by atoms with Crippen molar-refractivity contribution in [3.05, 3.63) is 35.9 Å². The zero-order valence-corrected chi connectivity index (χ0v) is 14.5. The lowest BCUT2D eigenvalue weighted by Gasteiger charge is -2.45. The van der Waals surface area contributed by atoms with Gasteiger partial charge < -0.3 is 0 Å². The molecule has 1 unspecified atom stereocenters. The third-order valence-corrected chi connectivity index (χ3v) is 5.60. The Bertz CT molecular complexity index is 534. The Morgan fingerprint density at radius 1 is 0.917 bits per heavy atom. The summed E-state index contributed by atoms with van der Waals surface area (Å²) in [6.45, 7) is 2.33. The molecule has 1 N–H and O–H groups in total. The predicted molar refractivity (Wildman–Crippen MR) is 96.8 cm³/mol. The molecule has 0 aromatic heterocycles. The van der Waals surface area contributed by atoms with Crippen molar-refractivity contribution in [3.8, 4) is 0 Å². The number of hydrogen-bond donors (Lipinski definition) is 1. The molecule has 0 radical (unpaired) electrons. The molecule has 0 amide bonds. The van der Waals surface area contributed by atoms with Gasteiger partial charge in [0.05, 0.1) is 0 Å². The van der Waals surface area contributed by atoms with Crippen LogP contribution in [0.4, 0.5) is 0 Å². The molecule has 130 valence electrons. The molecule has 5 heteroatoms. The van der Waals surface area contributed by atoms with Gasteiger partial charge in [-0.2, -0.15) is 5.10 Å². The Labute approximate surface area is 145 Å². The molecule has 4 rings (SSSR count). The molecule has 2 aliphatic heterocycles. The van der Waals surface area contributed by atoms with E-state index >= 15 is 0 Å². The molecule has 1 saturated carbocycles. The summed E-state index contributed by atoms with van der Waals surface area (Å²) in [7, 11) is 0. The average Bonchev–Trinajstić information content (AvgIpc) is 3.14. The van der Waals surface area contributed by atoms with Crippen LogP contribution in [0.3, 0.4) is 0 Å². The number of hydrogen-bond acceptors (Lipinski definition) is 5. The van der Waals surface area contributed by atoms with Crippen molar-refractivity contribution in [1.29, 1.82) is 0 Å². The van der Waals surface area contributed by atoms with Crippen LogP contribution in [0, 0.1) is 0 Å². The van der Waals surface area contributed by atoms with E-state index in [0.29, 0.717) is 6.04 Å². The number of hydrazone groups is 1. The number of nitrogens with zero attached hydrogens (tertiary/aromatic N) is 4. The van der Waals surface area contributed by atoms with Crippen molar-refractivity contribution in [2.75, 3.05) is 13.1 Å².